The minimum Gasteiger partial charge on any atom is -0.447 e. The first kappa shape index (κ1) is 25.5. The van der Waals surface area contributed by atoms with E-state index < -0.39 is 6.09 Å². The molecule has 1 saturated heterocycles. The summed E-state index contributed by atoms with van der Waals surface area (Å²) in [5.41, 5.74) is 2.77. The molecule has 0 radical (unpaired) electrons. The van der Waals surface area contributed by atoms with Crippen molar-refractivity contribution in [3.8, 4) is 11.3 Å². The number of carbonyl (C=O) groups excluding carboxylic acids is 1. The van der Waals surface area contributed by atoms with Crippen LogP contribution in [0.3, 0.4) is 0 Å². The van der Waals surface area contributed by atoms with Crippen LogP contribution in [-0.4, -0.2) is 45.4 Å². The molecule has 0 saturated carbocycles. The van der Waals surface area contributed by atoms with Crippen LogP contribution in [0, 0.1) is 12.7 Å². The first-order valence-corrected chi connectivity index (χ1v) is 12.0. The summed E-state index contributed by atoms with van der Waals surface area (Å²) in [6.07, 6.45) is 2.66. The highest BCUT2D eigenvalue weighted by atomic mass is 19.1. The minimum atomic E-state index is -0.460. The van der Waals surface area contributed by atoms with E-state index in [1.807, 2.05) is 46.8 Å². The average Bonchev–Trinajstić information content (AvgIpc) is 3.21. The molecule has 2 aromatic heterocycles. The van der Waals surface area contributed by atoms with Crippen LogP contribution in [0.25, 0.3) is 11.3 Å². The second-order valence-electron chi connectivity index (χ2n) is 9.99. The third-order valence-electron chi connectivity index (χ3n) is 5.96. The van der Waals surface area contributed by atoms with Gasteiger partial charge in [0.15, 0.2) is 0 Å². The fourth-order valence-corrected chi connectivity index (χ4v) is 4.15. The summed E-state index contributed by atoms with van der Waals surface area (Å²) in [5.74, 6) is 0.581. The number of amides is 1. The van der Waals surface area contributed by atoms with Gasteiger partial charge in [-0.1, -0.05) is 6.07 Å². The van der Waals surface area contributed by atoms with E-state index in [-0.39, 0.29) is 36.2 Å². The number of hydrogen-bond acceptors (Lipinski definition) is 7. The van der Waals surface area contributed by atoms with E-state index in [1.165, 1.54) is 11.0 Å². The molecule has 0 aliphatic carbocycles. The Morgan fingerprint density at radius 2 is 1.94 bits per heavy atom. The van der Waals surface area contributed by atoms with Crippen molar-refractivity contribution in [1.82, 2.24) is 15.0 Å². The minimum absolute atomic E-state index is 0.152. The van der Waals surface area contributed by atoms with E-state index in [0.29, 0.717) is 17.3 Å². The predicted octanol–water partition coefficient (Wildman–Crippen LogP) is 5.69. The van der Waals surface area contributed by atoms with E-state index in [2.05, 4.69) is 20.3 Å². The fourth-order valence-electron chi connectivity index (χ4n) is 4.15. The zero-order valence-corrected chi connectivity index (χ0v) is 21.4. The van der Waals surface area contributed by atoms with Gasteiger partial charge >= 0.3 is 6.09 Å². The highest BCUT2D eigenvalue weighted by Crippen LogP contribution is 2.28. The molecule has 4 rings (SSSR count). The van der Waals surface area contributed by atoms with Gasteiger partial charge < -0.3 is 14.8 Å². The summed E-state index contributed by atoms with van der Waals surface area (Å²) < 4.78 is 25.0. The molecular formula is C27H32FN5O3. The Balaban J connectivity index is 1.48. The number of anilines is 2. The number of ether oxygens (including phenoxy) is 2. The Kier molecular flexibility index (Phi) is 7.21. The molecule has 8 nitrogen and oxygen atoms in total. The Hall–Kier alpha value is -3.59. The number of rotatable bonds is 7. The van der Waals surface area contributed by atoms with E-state index in [0.717, 1.165) is 16.8 Å². The molecule has 1 aliphatic rings. The molecular weight excluding hydrogens is 461 g/mol. The maximum atomic E-state index is 13.6. The second-order valence-corrected chi connectivity index (χ2v) is 9.99. The summed E-state index contributed by atoms with van der Waals surface area (Å²) in [6, 6.07) is 10.0. The van der Waals surface area contributed by atoms with Gasteiger partial charge in [-0.25, -0.2) is 14.2 Å². The van der Waals surface area contributed by atoms with Crippen LogP contribution >= 0.6 is 0 Å². The molecule has 1 aromatic carbocycles. The van der Waals surface area contributed by atoms with Gasteiger partial charge in [-0.15, -0.1) is 0 Å². The van der Waals surface area contributed by atoms with Crippen LogP contribution in [-0.2, 0) is 9.47 Å². The lowest BCUT2D eigenvalue weighted by atomic mass is 10.1. The van der Waals surface area contributed by atoms with Crippen molar-refractivity contribution in [2.75, 3.05) is 16.8 Å². The summed E-state index contributed by atoms with van der Waals surface area (Å²) in [6.45, 7) is 11.8. The van der Waals surface area contributed by atoms with Gasteiger partial charge in [0.05, 0.1) is 23.4 Å². The predicted molar refractivity (Wildman–Crippen MR) is 136 cm³/mol. The summed E-state index contributed by atoms with van der Waals surface area (Å²) in [5, 5.41) is 3.27. The molecule has 1 unspecified atom stereocenters. The molecule has 3 aromatic rings. The van der Waals surface area contributed by atoms with Crippen molar-refractivity contribution in [2.45, 2.75) is 65.3 Å². The van der Waals surface area contributed by atoms with Crippen LogP contribution in [0.5, 0.6) is 0 Å². The highest BCUT2D eigenvalue weighted by Gasteiger charge is 2.40. The Morgan fingerprint density at radius 1 is 1.17 bits per heavy atom. The number of pyridine rings is 1. The van der Waals surface area contributed by atoms with E-state index in [9.17, 15) is 9.18 Å². The van der Waals surface area contributed by atoms with Gasteiger partial charge in [0.25, 0.3) is 0 Å². The molecule has 9 heteroatoms. The maximum Gasteiger partial charge on any atom is 0.416 e. The smallest absolute Gasteiger partial charge is 0.416 e. The lowest BCUT2D eigenvalue weighted by Crippen LogP contribution is -2.45. The maximum absolute atomic E-state index is 13.6. The standard InChI is InChI=1S/C27H32FN5O3/c1-16-13-19(7-9-21(16)28)22-10-8-20(14-30-22)17(2)31-25-29-12-11-24(32-25)33-23(15-35-26(33)34)18(3)36-27(4,5)6/h7-14,17-18,23H,15H2,1-6H3,(H,29,31,32)/t17-,18+,23?/m0/s1. The third kappa shape index (κ3) is 5.79. The fraction of sp³-hybridized carbons (Fsp3) is 0.407. The molecule has 3 heterocycles. The van der Waals surface area contributed by atoms with E-state index in [4.69, 9.17) is 9.47 Å². The zero-order chi connectivity index (χ0) is 26.0. The molecule has 190 valence electrons. The molecule has 0 spiro atoms. The number of nitrogens with one attached hydrogen (secondary N) is 1. The number of aryl methyl sites for hydroxylation is 1. The number of aromatic nitrogens is 3. The van der Waals surface area contributed by atoms with Crippen molar-refractivity contribution in [2.24, 2.45) is 0 Å². The SMILES string of the molecule is Cc1cc(-c2ccc([C@H](C)Nc3nccc(N4C(=O)OCC4[C@@H](C)OC(C)(C)C)n3)cn2)ccc1F. The number of halogens is 1. The van der Waals surface area contributed by atoms with Crippen LogP contribution in [0.4, 0.5) is 21.0 Å². The molecule has 3 atom stereocenters. The summed E-state index contributed by atoms with van der Waals surface area (Å²) in [4.78, 5) is 27.5. The largest absolute Gasteiger partial charge is 0.447 e. The molecule has 1 fully saturated rings. The summed E-state index contributed by atoms with van der Waals surface area (Å²) in [7, 11) is 0. The van der Waals surface area contributed by atoms with Crippen LogP contribution in [0.15, 0.2) is 48.8 Å². The van der Waals surface area contributed by atoms with E-state index >= 15 is 0 Å². The first-order chi connectivity index (χ1) is 17.0. The topological polar surface area (TPSA) is 89.5 Å². The lowest BCUT2D eigenvalue weighted by Gasteiger charge is -2.31. The van der Waals surface area contributed by atoms with Gasteiger partial charge in [-0.2, -0.15) is 4.98 Å². The number of cyclic esters (lactones) is 1. The van der Waals surface area contributed by atoms with E-state index in [1.54, 1.807) is 37.5 Å². The normalized spacial score (nSPS) is 17.6. The first-order valence-electron chi connectivity index (χ1n) is 12.0. The number of benzene rings is 1. The Morgan fingerprint density at radius 3 is 2.61 bits per heavy atom. The van der Waals surface area contributed by atoms with Gasteiger partial charge in [-0.3, -0.25) is 9.88 Å². The van der Waals surface area contributed by atoms with Crippen LogP contribution < -0.4 is 10.2 Å². The van der Waals surface area contributed by atoms with Gasteiger partial charge in [0, 0.05) is 18.0 Å². The van der Waals surface area contributed by atoms with Gasteiger partial charge in [-0.05, 0) is 83.0 Å². The van der Waals surface area contributed by atoms with Crippen molar-refractivity contribution in [3.63, 3.8) is 0 Å². The monoisotopic (exact) mass is 493 g/mol. The number of hydrogen-bond donors (Lipinski definition) is 1. The molecule has 1 aliphatic heterocycles. The van der Waals surface area contributed by atoms with Crippen molar-refractivity contribution in [3.05, 3.63) is 65.7 Å². The molecule has 1 amide bonds. The van der Waals surface area contributed by atoms with Crippen molar-refractivity contribution < 1.29 is 18.7 Å². The summed E-state index contributed by atoms with van der Waals surface area (Å²) >= 11 is 0. The van der Waals surface area contributed by atoms with Gasteiger partial charge in [0.2, 0.25) is 5.95 Å². The zero-order valence-electron chi connectivity index (χ0n) is 21.4. The van der Waals surface area contributed by atoms with Gasteiger partial charge in [0.1, 0.15) is 24.3 Å². The Labute approximate surface area is 210 Å². The number of carbonyl (C=O) groups is 1. The third-order valence-corrected chi connectivity index (χ3v) is 5.96. The lowest BCUT2D eigenvalue weighted by molar-refractivity contribution is -0.0618. The average molecular weight is 494 g/mol. The number of nitrogens with zero attached hydrogens (tertiary/aromatic N) is 4. The quantitative estimate of drug-likeness (QED) is 0.452. The van der Waals surface area contributed by atoms with Crippen LogP contribution in [0.1, 0.15) is 51.8 Å². The molecule has 1 N–H and O–H groups in total. The molecule has 0 bridgehead atoms. The highest BCUT2D eigenvalue weighted by molar-refractivity contribution is 5.89. The Bertz CT molecular complexity index is 1230. The molecule has 36 heavy (non-hydrogen) atoms. The van der Waals surface area contributed by atoms with Crippen LogP contribution in [0.2, 0.25) is 0 Å². The second kappa shape index (κ2) is 10.2. The van der Waals surface area contributed by atoms with Crippen molar-refractivity contribution in [1.29, 1.82) is 0 Å². The van der Waals surface area contributed by atoms with Crippen molar-refractivity contribution >= 4 is 17.9 Å².